The van der Waals surface area contributed by atoms with Gasteiger partial charge in [0.25, 0.3) is 0 Å². The van der Waals surface area contributed by atoms with Gasteiger partial charge in [-0.05, 0) is 65.7 Å². The molecule has 0 radical (unpaired) electrons. The molecule has 35 heavy (non-hydrogen) atoms. The Morgan fingerprint density at radius 2 is 1.89 bits per heavy atom. The van der Waals surface area contributed by atoms with Crippen LogP contribution in [0, 0.1) is 5.82 Å². The Labute approximate surface area is 211 Å². The van der Waals surface area contributed by atoms with Crippen LogP contribution in [0.2, 0.25) is 0 Å². The van der Waals surface area contributed by atoms with E-state index in [9.17, 15) is 9.18 Å². The third-order valence-electron chi connectivity index (χ3n) is 5.10. The molecule has 0 aliphatic heterocycles. The minimum atomic E-state index is -0.283. The van der Waals surface area contributed by atoms with Crippen LogP contribution in [0.25, 0.3) is 6.08 Å². The number of hydrogen-bond acceptors (Lipinski definition) is 4. The van der Waals surface area contributed by atoms with E-state index in [0.29, 0.717) is 24.6 Å². The summed E-state index contributed by atoms with van der Waals surface area (Å²) in [7, 11) is 1.61. The highest BCUT2D eigenvalue weighted by Crippen LogP contribution is 2.24. The molecule has 1 N–H and O–H groups in total. The van der Waals surface area contributed by atoms with Crippen LogP contribution in [0.1, 0.15) is 16.7 Å². The van der Waals surface area contributed by atoms with Crippen LogP contribution in [0.5, 0.6) is 11.5 Å². The largest absolute Gasteiger partial charge is 0.496 e. The Balaban J connectivity index is 1.36. The predicted octanol–water partition coefficient (Wildman–Crippen LogP) is 6.07. The third-order valence-corrected chi connectivity index (χ3v) is 5.63. The molecule has 3 aromatic carbocycles. The fourth-order valence-electron chi connectivity index (χ4n) is 3.35. The average molecular weight is 536 g/mol. The first-order valence-corrected chi connectivity index (χ1v) is 11.6. The maximum atomic E-state index is 13.1. The van der Waals surface area contributed by atoms with Gasteiger partial charge in [-0.3, -0.25) is 9.48 Å². The summed E-state index contributed by atoms with van der Waals surface area (Å²) in [6, 6.07) is 19.4. The van der Waals surface area contributed by atoms with Gasteiger partial charge >= 0.3 is 0 Å². The third kappa shape index (κ3) is 7.04. The number of carbonyl (C=O) groups is 1. The van der Waals surface area contributed by atoms with Gasteiger partial charge in [-0.2, -0.15) is 5.10 Å². The second kappa shape index (κ2) is 11.5. The van der Waals surface area contributed by atoms with Gasteiger partial charge < -0.3 is 14.8 Å². The molecule has 0 unspecified atom stereocenters. The lowest BCUT2D eigenvalue weighted by atomic mass is 10.1. The van der Waals surface area contributed by atoms with E-state index in [-0.39, 0.29) is 11.7 Å². The van der Waals surface area contributed by atoms with Crippen molar-refractivity contribution in [1.29, 1.82) is 0 Å². The topological polar surface area (TPSA) is 65.4 Å². The molecule has 178 valence electrons. The Hall–Kier alpha value is -3.91. The standard InChI is InChI=1S/C27H23BrFN3O3/c1-34-26-12-4-19(14-21(26)18-35-25-10-6-22(28)7-11-25)5-13-27(33)31-24-15-30-32(17-24)16-20-2-8-23(29)9-3-20/h2-15,17H,16,18H2,1H3,(H,31,33)/b13-5-. The number of methoxy groups -OCH3 is 1. The normalized spacial score (nSPS) is 10.9. The minimum absolute atomic E-state index is 0.282. The number of nitrogens with one attached hydrogen (secondary N) is 1. The van der Waals surface area contributed by atoms with Crippen molar-refractivity contribution in [3.8, 4) is 11.5 Å². The molecule has 0 atom stereocenters. The molecule has 0 aliphatic carbocycles. The number of ether oxygens (including phenoxy) is 2. The zero-order chi connectivity index (χ0) is 24.6. The molecule has 0 saturated carbocycles. The van der Waals surface area contributed by atoms with E-state index in [4.69, 9.17) is 9.47 Å². The van der Waals surface area contributed by atoms with Crippen LogP contribution in [0.4, 0.5) is 10.1 Å². The van der Waals surface area contributed by atoms with Crippen molar-refractivity contribution in [2.45, 2.75) is 13.2 Å². The summed E-state index contributed by atoms with van der Waals surface area (Å²) in [4.78, 5) is 12.4. The van der Waals surface area contributed by atoms with Crippen LogP contribution < -0.4 is 14.8 Å². The Morgan fingerprint density at radius 1 is 1.11 bits per heavy atom. The zero-order valence-electron chi connectivity index (χ0n) is 18.9. The van der Waals surface area contributed by atoms with Gasteiger partial charge in [0.05, 0.1) is 25.5 Å². The molecule has 1 amide bonds. The summed E-state index contributed by atoms with van der Waals surface area (Å²) in [5.74, 6) is 0.887. The molecule has 8 heteroatoms. The monoisotopic (exact) mass is 535 g/mol. The SMILES string of the molecule is COc1ccc(/C=C\C(=O)Nc2cnn(Cc3ccc(F)cc3)c2)cc1COc1ccc(Br)cc1. The highest BCUT2D eigenvalue weighted by molar-refractivity contribution is 9.10. The summed E-state index contributed by atoms with van der Waals surface area (Å²) in [5, 5.41) is 7.03. The quantitative estimate of drug-likeness (QED) is 0.264. The van der Waals surface area contributed by atoms with Crippen molar-refractivity contribution in [2.75, 3.05) is 12.4 Å². The smallest absolute Gasteiger partial charge is 0.248 e. The number of rotatable bonds is 9. The van der Waals surface area contributed by atoms with Crippen molar-refractivity contribution in [3.05, 3.63) is 112 Å². The number of halogens is 2. The van der Waals surface area contributed by atoms with Crippen molar-refractivity contribution in [1.82, 2.24) is 9.78 Å². The molecule has 0 spiro atoms. The molecule has 0 bridgehead atoms. The number of hydrogen-bond donors (Lipinski definition) is 1. The lowest BCUT2D eigenvalue weighted by molar-refractivity contribution is -0.111. The van der Waals surface area contributed by atoms with E-state index in [2.05, 4.69) is 26.3 Å². The number of carbonyl (C=O) groups excluding carboxylic acids is 1. The molecule has 4 aromatic rings. The second-order valence-corrected chi connectivity index (χ2v) is 8.61. The van der Waals surface area contributed by atoms with Gasteiger partial charge in [0.2, 0.25) is 5.91 Å². The first-order chi connectivity index (χ1) is 17.0. The molecule has 6 nitrogen and oxygen atoms in total. The Kier molecular flexibility index (Phi) is 7.95. The molecule has 1 aromatic heterocycles. The van der Waals surface area contributed by atoms with E-state index in [1.165, 1.54) is 18.2 Å². The molecule has 0 saturated heterocycles. The van der Waals surface area contributed by atoms with Crippen LogP contribution in [0.15, 0.2) is 89.7 Å². The summed E-state index contributed by atoms with van der Waals surface area (Å²) >= 11 is 3.41. The molecule has 1 heterocycles. The zero-order valence-corrected chi connectivity index (χ0v) is 20.5. The van der Waals surface area contributed by atoms with Crippen LogP contribution in [-0.4, -0.2) is 22.8 Å². The van der Waals surface area contributed by atoms with Crippen molar-refractivity contribution in [2.24, 2.45) is 0 Å². The van der Waals surface area contributed by atoms with Gasteiger partial charge in [0.1, 0.15) is 23.9 Å². The molecule has 0 aliphatic rings. The van der Waals surface area contributed by atoms with E-state index in [1.54, 1.807) is 42.4 Å². The lowest BCUT2D eigenvalue weighted by Crippen LogP contribution is -2.07. The summed E-state index contributed by atoms with van der Waals surface area (Å²) < 4.78 is 27.0. The van der Waals surface area contributed by atoms with Gasteiger partial charge in [-0.15, -0.1) is 0 Å². The summed E-state index contributed by atoms with van der Waals surface area (Å²) in [5.41, 5.74) is 3.18. The number of amides is 1. The van der Waals surface area contributed by atoms with Gasteiger partial charge in [0.15, 0.2) is 0 Å². The summed E-state index contributed by atoms with van der Waals surface area (Å²) in [6.07, 6.45) is 6.47. The maximum absolute atomic E-state index is 13.1. The Bertz CT molecular complexity index is 1320. The van der Waals surface area contributed by atoms with Gasteiger partial charge in [0, 0.05) is 22.3 Å². The van der Waals surface area contributed by atoms with Crippen molar-refractivity contribution >= 4 is 33.6 Å². The van der Waals surface area contributed by atoms with Gasteiger partial charge in [-0.1, -0.05) is 34.1 Å². The lowest BCUT2D eigenvalue weighted by Gasteiger charge is -2.11. The number of aromatic nitrogens is 2. The Morgan fingerprint density at radius 3 is 2.63 bits per heavy atom. The van der Waals surface area contributed by atoms with Crippen LogP contribution >= 0.6 is 15.9 Å². The van der Waals surface area contributed by atoms with Crippen LogP contribution in [-0.2, 0) is 17.9 Å². The van der Waals surface area contributed by atoms with Crippen molar-refractivity contribution < 1.29 is 18.7 Å². The fraction of sp³-hybridized carbons (Fsp3) is 0.111. The number of nitrogens with zero attached hydrogens (tertiary/aromatic N) is 2. The first-order valence-electron chi connectivity index (χ1n) is 10.8. The molecular weight excluding hydrogens is 513 g/mol. The van der Waals surface area contributed by atoms with E-state index in [0.717, 1.165) is 26.9 Å². The molecule has 0 fully saturated rings. The molecule has 4 rings (SSSR count). The highest BCUT2D eigenvalue weighted by Gasteiger charge is 2.07. The van der Waals surface area contributed by atoms with Crippen molar-refractivity contribution in [3.63, 3.8) is 0 Å². The summed E-state index contributed by atoms with van der Waals surface area (Å²) in [6.45, 7) is 0.800. The minimum Gasteiger partial charge on any atom is -0.496 e. The first kappa shape index (κ1) is 24.2. The van der Waals surface area contributed by atoms with Crippen LogP contribution in [0.3, 0.4) is 0 Å². The highest BCUT2D eigenvalue weighted by atomic mass is 79.9. The van der Waals surface area contributed by atoms with E-state index < -0.39 is 0 Å². The fourth-order valence-corrected chi connectivity index (χ4v) is 3.62. The average Bonchev–Trinajstić information content (AvgIpc) is 3.30. The van der Waals surface area contributed by atoms with E-state index >= 15 is 0 Å². The maximum Gasteiger partial charge on any atom is 0.248 e. The number of benzene rings is 3. The molecular formula is C27H23BrFN3O3. The second-order valence-electron chi connectivity index (χ2n) is 7.69. The predicted molar refractivity (Wildman–Crippen MR) is 137 cm³/mol. The number of anilines is 1. The van der Waals surface area contributed by atoms with E-state index in [1.807, 2.05) is 42.5 Å². The van der Waals surface area contributed by atoms with Gasteiger partial charge in [-0.25, -0.2) is 4.39 Å².